The van der Waals surface area contributed by atoms with Crippen molar-refractivity contribution in [1.29, 1.82) is 0 Å². The first-order valence-corrected chi connectivity index (χ1v) is 7.52. The van der Waals surface area contributed by atoms with Crippen LogP contribution in [0.4, 0.5) is 10.5 Å². The maximum atomic E-state index is 12.0. The molecule has 1 amide bonds. The summed E-state index contributed by atoms with van der Waals surface area (Å²) in [5, 5.41) is 11.0. The maximum Gasteiger partial charge on any atom is 0.410 e. The largest absolute Gasteiger partial charge is 0.444 e. The number of rotatable bonds is 2. The van der Waals surface area contributed by atoms with Gasteiger partial charge in [0.1, 0.15) is 11.8 Å². The molecule has 7 heteroatoms. The zero-order valence-corrected chi connectivity index (χ0v) is 13.6. The molecule has 23 heavy (non-hydrogen) atoms. The van der Waals surface area contributed by atoms with Crippen LogP contribution in [0.5, 0.6) is 0 Å². The molecule has 0 atom stereocenters. The van der Waals surface area contributed by atoms with Gasteiger partial charge in [0.05, 0.1) is 10.5 Å². The van der Waals surface area contributed by atoms with Crippen molar-refractivity contribution in [2.45, 2.75) is 39.2 Å². The number of hydrogen-bond donors (Lipinski definition) is 0. The van der Waals surface area contributed by atoms with E-state index in [1.807, 2.05) is 26.8 Å². The minimum Gasteiger partial charge on any atom is -0.444 e. The van der Waals surface area contributed by atoms with E-state index in [4.69, 9.17) is 4.74 Å². The second-order valence-electron chi connectivity index (χ2n) is 6.46. The Hall–Kier alpha value is -2.44. The molecule has 7 nitrogen and oxygen atoms in total. The molecule has 0 radical (unpaired) electrons. The average Bonchev–Trinajstić information content (AvgIpc) is 2.46. The van der Waals surface area contributed by atoms with Gasteiger partial charge in [-0.2, -0.15) is 0 Å². The van der Waals surface area contributed by atoms with Crippen LogP contribution >= 0.6 is 0 Å². The molecule has 1 aromatic rings. The second kappa shape index (κ2) is 6.76. The van der Waals surface area contributed by atoms with Crippen molar-refractivity contribution in [3.05, 3.63) is 39.7 Å². The number of aromatic nitrogens is 1. The van der Waals surface area contributed by atoms with Gasteiger partial charge in [0, 0.05) is 19.3 Å². The Morgan fingerprint density at radius 3 is 2.61 bits per heavy atom. The van der Waals surface area contributed by atoms with Gasteiger partial charge in [-0.05, 0) is 45.8 Å². The van der Waals surface area contributed by atoms with Crippen molar-refractivity contribution < 1.29 is 14.5 Å². The number of carbonyl (C=O) groups is 1. The first-order chi connectivity index (χ1) is 10.8. The predicted molar refractivity (Wildman–Crippen MR) is 85.9 cm³/mol. The van der Waals surface area contributed by atoms with Crippen molar-refractivity contribution in [1.82, 2.24) is 9.88 Å². The highest BCUT2D eigenvalue weighted by Gasteiger charge is 2.25. The zero-order valence-electron chi connectivity index (χ0n) is 13.6. The minimum absolute atomic E-state index is 0.00503. The van der Waals surface area contributed by atoms with E-state index in [-0.39, 0.29) is 11.8 Å². The highest BCUT2D eigenvalue weighted by Crippen LogP contribution is 2.25. The van der Waals surface area contributed by atoms with Crippen LogP contribution in [-0.4, -0.2) is 39.6 Å². The van der Waals surface area contributed by atoms with Crippen molar-refractivity contribution in [3.63, 3.8) is 0 Å². The monoisotopic (exact) mass is 319 g/mol. The summed E-state index contributed by atoms with van der Waals surface area (Å²) >= 11 is 0. The standard InChI is InChI=1S/C16H21N3O4/c1-16(2,3)23-15(20)18-8-5-12(6-9-18)10-13-4-7-17-11-14(13)19(21)22/h4,7,10-11H,5-6,8-9H2,1-3H3. The van der Waals surface area contributed by atoms with E-state index in [0.29, 0.717) is 31.5 Å². The Balaban J connectivity index is 2.02. The Morgan fingerprint density at radius 2 is 2.04 bits per heavy atom. The normalized spacial score (nSPS) is 15.3. The Morgan fingerprint density at radius 1 is 1.39 bits per heavy atom. The van der Waals surface area contributed by atoms with Gasteiger partial charge < -0.3 is 9.64 Å². The summed E-state index contributed by atoms with van der Waals surface area (Å²) < 4.78 is 5.35. The van der Waals surface area contributed by atoms with Gasteiger partial charge in [0.15, 0.2) is 0 Å². The Labute approximate surface area is 135 Å². The van der Waals surface area contributed by atoms with Gasteiger partial charge in [-0.25, -0.2) is 4.79 Å². The molecule has 2 heterocycles. The third-order valence-electron chi connectivity index (χ3n) is 3.45. The van der Waals surface area contributed by atoms with Gasteiger partial charge in [-0.3, -0.25) is 15.1 Å². The fourth-order valence-corrected chi connectivity index (χ4v) is 2.34. The van der Waals surface area contributed by atoms with Crippen LogP contribution < -0.4 is 0 Å². The van der Waals surface area contributed by atoms with Crippen molar-refractivity contribution in [3.8, 4) is 0 Å². The van der Waals surface area contributed by atoms with Crippen molar-refractivity contribution in [2.75, 3.05) is 13.1 Å². The molecule has 1 aliphatic heterocycles. The summed E-state index contributed by atoms with van der Waals surface area (Å²) in [6, 6.07) is 1.63. The number of piperidine rings is 1. The Bertz CT molecular complexity index is 624. The summed E-state index contributed by atoms with van der Waals surface area (Å²) in [6.07, 6.45) is 5.66. The van der Waals surface area contributed by atoms with Crippen LogP contribution in [0, 0.1) is 10.1 Å². The van der Waals surface area contributed by atoms with E-state index in [9.17, 15) is 14.9 Å². The third-order valence-corrected chi connectivity index (χ3v) is 3.45. The number of likely N-dealkylation sites (tertiary alicyclic amines) is 1. The molecule has 0 saturated carbocycles. The number of nitrogens with zero attached hydrogens (tertiary/aromatic N) is 3. The zero-order chi connectivity index (χ0) is 17.0. The fourth-order valence-electron chi connectivity index (χ4n) is 2.34. The first-order valence-electron chi connectivity index (χ1n) is 7.52. The number of nitro groups is 1. The van der Waals surface area contributed by atoms with Crippen molar-refractivity contribution in [2.24, 2.45) is 0 Å². The molecule has 0 unspecified atom stereocenters. The molecule has 124 valence electrons. The smallest absolute Gasteiger partial charge is 0.410 e. The van der Waals surface area contributed by atoms with Crippen LogP contribution in [0.3, 0.4) is 0 Å². The van der Waals surface area contributed by atoms with Gasteiger partial charge in [-0.15, -0.1) is 0 Å². The van der Waals surface area contributed by atoms with Crippen molar-refractivity contribution >= 4 is 17.9 Å². The SMILES string of the molecule is CC(C)(C)OC(=O)N1CCC(=Cc2ccncc2[N+](=O)[O-])CC1. The van der Waals surface area contributed by atoms with E-state index >= 15 is 0 Å². The number of hydrogen-bond acceptors (Lipinski definition) is 5. The van der Waals surface area contributed by atoms with Crippen LogP contribution in [0.25, 0.3) is 6.08 Å². The average molecular weight is 319 g/mol. The highest BCUT2D eigenvalue weighted by atomic mass is 16.6. The Kier molecular flexibility index (Phi) is 4.98. The van der Waals surface area contributed by atoms with E-state index < -0.39 is 10.5 Å². The fraction of sp³-hybridized carbons (Fsp3) is 0.500. The molecule has 0 aromatic carbocycles. The lowest BCUT2D eigenvalue weighted by Crippen LogP contribution is -2.40. The lowest BCUT2D eigenvalue weighted by Gasteiger charge is -2.31. The van der Waals surface area contributed by atoms with Gasteiger partial charge in [-0.1, -0.05) is 5.57 Å². The van der Waals surface area contributed by atoms with Crippen LogP contribution in [0.1, 0.15) is 39.2 Å². The topological polar surface area (TPSA) is 85.6 Å². The molecule has 0 spiro atoms. The molecule has 1 aliphatic rings. The van der Waals surface area contributed by atoms with Gasteiger partial charge >= 0.3 is 6.09 Å². The maximum absolute atomic E-state index is 12.0. The number of ether oxygens (including phenoxy) is 1. The van der Waals surface area contributed by atoms with E-state index in [0.717, 1.165) is 5.57 Å². The summed E-state index contributed by atoms with van der Waals surface area (Å²) in [4.78, 5) is 28.0. The van der Waals surface area contributed by atoms with E-state index in [1.54, 1.807) is 11.0 Å². The number of carbonyl (C=O) groups excluding carboxylic acids is 1. The van der Waals surface area contributed by atoms with E-state index in [2.05, 4.69) is 4.98 Å². The second-order valence-corrected chi connectivity index (χ2v) is 6.46. The molecular formula is C16H21N3O4. The lowest BCUT2D eigenvalue weighted by atomic mass is 10.0. The third kappa shape index (κ3) is 4.77. The molecule has 0 N–H and O–H groups in total. The number of amides is 1. The summed E-state index contributed by atoms with van der Waals surface area (Å²) in [7, 11) is 0. The summed E-state index contributed by atoms with van der Waals surface area (Å²) in [5.41, 5.74) is 1.12. The number of pyridine rings is 1. The quantitative estimate of drug-likeness (QED) is 0.616. The first kappa shape index (κ1) is 16.9. The van der Waals surface area contributed by atoms with Gasteiger partial charge in [0.25, 0.3) is 5.69 Å². The van der Waals surface area contributed by atoms with Crippen LogP contribution in [0.15, 0.2) is 24.0 Å². The van der Waals surface area contributed by atoms with E-state index in [1.165, 1.54) is 12.4 Å². The van der Waals surface area contributed by atoms with Gasteiger partial charge in [0.2, 0.25) is 0 Å². The lowest BCUT2D eigenvalue weighted by molar-refractivity contribution is -0.385. The molecule has 1 fully saturated rings. The summed E-state index contributed by atoms with van der Waals surface area (Å²) in [6.45, 7) is 6.62. The molecule has 0 aliphatic carbocycles. The molecule has 1 aromatic heterocycles. The minimum atomic E-state index is -0.509. The summed E-state index contributed by atoms with van der Waals surface area (Å²) in [5.74, 6) is 0. The molecular weight excluding hydrogens is 298 g/mol. The predicted octanol–water partition coefficient (Wildman–Crippen LogP) is 3.40. The molecule has 2 rings (SSSR count). The molecule has 1 saturated heterocycles. The van der Waals surface area contributed by atoms with Crippen LogP contribution in [-0.2, 0) is 4.74 Å². The molecule has 0 bridgehead atoms. The van der Waals surface area contributed by atoms with Crippen LogP contribution in [0.2, 0.25) is 0 Å². The highest BCUT2D eigenvalue weighted by molar-refractivity contribution is 5.69.